The molecule has 0 bridgehead atoms. The summed E-state index contributed by atoms with van der Waals surface area (Å²) in [7, 11) is -0.867. The topological polar surface area (TPSA) is 136 Å². The molecular formula is C27H25BrN2O7S. The van der Waals surface area contributed by atoms with E-state index < -0.39 is 27.8 Å². The van der Waals surface area contributed by atoms with E-state index in [-0.39, 0.29) is 22.8 Å². The van der Waals surface area contributed by atoms with Gasteiger partial charge in [0.25, 0.3) is 11.7 Å². The average Bonchev–Trinajstić information content (AvgIpc) is 3.16. The number of carbonyl (C=O) groups is 2. The molecule has 0 unspecified atom stereocenters. The van der Waals surface area contributed by atoms with E-state index >= 15 is 0 Å². The summed E-state index contributed by atoms with van der Waals surface area (Å²) in [4.78, 5) is 27.9. The van der Waals surface area contributed by atoms with E-state index in [0.717, 1.165) is 10.0 Å². The third-order valence-corrected chi connectivity index (χ3v) is 7.74. The van der Waals surface area contributed by atoms with Gasteiger partial charge in [-0.2, -0.15) is 0 Å². The van der Waals surface area contributed by atoms with Crippen molar-refractivity contribution in [1.29, 1.82) is 0 Å². The summed E-state index contributed by atoms with van der Waals surface area (Å²) in [6.45, 7) is 0.107. The van der Waals surface area contributed by atoms with Crippen molar-refractivity contribution < 1.29 is 32.6 Å². The number of hydrogen-bond acceptors (Lipinski definition) is 7. The van der Waals surface area contributed by atoms with Crippen LogP contribution in [0.25, 0.3) is 5.76 Å². The van der Waals surface area contributed by atoms with Crippen LogP contribution in [-0.2, 0) is 26.0 Å². The molecule has 9 nitrogen and oxygen atoms in total. The molecule has 1 amide bonds. The van der Waals surface area contributed by atoms with Gasteiger partial charge in [0.15, 0.2) is 0 Å². The zero-order chi connectivity index (χ0) is 27.6. The number of likely N-dealkylation sites (tertiary alicyclic amines) is 1. The van der Waals surface area contributed by atoms with Gasteiger partial charge in [0, 0.05) is 28.2 Å². The van der Waals surface area contributed by atoms with Crippen LogP contribution in [0.1, 0.15) is 22.7 Å². The third-order valence-electron chi connectivity index (χ3n) is 6.29. The van der Waals surface area contributed by atoms with Crippen LogP contribution in [-0.4, -0.2) is 50.9 Å². The van der Waals surface area contributed by atoms with Crippen molar-refractivity contribution in [2.45, 2.75) is 17.4 Å². The number of nitrogens with two attached hydrogens (primary N) is 1. The highest BCUT2D eigenvalue weighted by Gasteiger charge is 2.47. The number of carbonyl (C=O) groups excluding carboxylic acids is 2. The standard InChI is InChI=1S/C27H25BrN2O7S/c1-36-19-9-12-21(22(15-19)37-2)24-23(25(31)17-5-7-18(28)8-6-17)26(32)27(33)30(24)14-13-16-3-10-20(11-4-16)38(29,34)35/h3-12,15,24,31H,13-14H2,1-2H3,(H2,29,34,35)/t24-/m1/s1. The summed E-state index contributed by atoms with van der Waals surface area (Å²) in [6, 6.07) is 16.8. The summed E-state index contributed by atoms with van der Waals surface area (Å²) in [5, 5.41) is 16.4. The Hall–Kier alpha value is -3.67. The highest BCUT2D eigenvalue weighted by atomic mass is 79.9. The summed E-state index contributed by atoms with van der Waals surface area (Å²) in [6.07, 6.45) is 0.311. The minimum atomic E-state index is -3.84. The molecule has 1 aliphatic rings. The van der Waals surface area contributed by atoms with Gasteiger partial charge in [-0.15, -0.1) is 0 Å². The van der Waals surface area contributed by atoms with Crippen LogP contribution in [0.4, 0.5) is 0 Å². The summed E-state index contributed by atoms with van der Waals surface area (Å²) in [5.41, 5.74) is 1.54. The first-order valence-electron chi connectivity index (χ1n) is 11.4. The molecule has 0 spiro atoms. The van der Waals surface area contributed by atoms with Crippen molar-refractivity contribution in [1.82, 2.24) is 4.90 Å². The Labute approximate surface area is 228 Å². The maximum Gasteiger partial charge on any atom is 0.295 e. The molecule has 38 heavy (non-hydrogen) atoms. The van der Waals surface area contributed by atoms with Crippen LogP contribution < -0.4 is 14.6 Å². The first-order valence-corrected chi connectivity index (χ1v) is 13.8. The van der Waals surface area contributed by atoms with E-state index in [1.54, 1.807) is 54.6 Å². The molecule has 1 saturated heterocycles. The number of ketones is 1. The van der Waals surface area contributed by atoms with Crippen LogP contribution in [0.2, 0.25) is 0 Å². The van der Waals surface area contributed by atoms with E-state index in [9.17, 15) is 23.1 Å². The number of Topliss-reactive ketones (excluding diaryl/α,β-unsaturated/α-hetero) is 1. The average molecular weight is 601 g/mol. The van der Waals surface area contributed by atoms with Gasteiger partial charge in [0.2, 0.25) is 10.0 Å². The molecule has 1 atom stereocenters. The van der Waals surface area contributed by atoms with Gasteiger partial charge in [-0.05, 0) is 48.4 Å². The number of aliphatic hydroxyl groups excluding tert-OH is 1. The van der Waals surface area contributed by atoms with E-state index in [0.29, 0.717) is 29.0 Å². The zero-order valence-electron chi connectivity index (χ0n) is 20.5. The lowest BCUT2D eigenvalue weighted by Crippen LogP contribution is -2.32. The molecule has 3 aromatic rings. The van der Waals surface area contributed by atoms with E-state index in [4.69, 9.17) is 14.6 Å². The molecule has 0 radical (unpaired) electrons. The number of halogens is 1. The molecule has 0 aliphatic carbocycles. The van der Waals surface area contributed by atoms with Crippen molar-refractivity contribution in [3.8, 4) is 11.5 Å². The Morgan fingerprint density at radius 1 is 1.00 bits per heavy atom. The van der Waals surface area contributed by atoms with Gasteiger partial charge in [-0.1, -0.05) is 40.2 Å². The monoisotopic (exact) mass is 600 g/mol. The van der Waals surface area contributed by atoms with Crippen molar-refractivity contribution in [3.63, 3.8) is 0 Å². The molecule has 1 heterocycles. The van der Waals surface area contributed by atoms with Crippen LogP contribution in [0.15, 0.2) is 81.7 Å². The molecule has 0 aromatic heterocycles. The van der Waals surface area contributed by atoms with Gasteiger partial charge >= 0.3 is 0 Å². The van der Waals surface area contributed by atoms with Crippen LogP contribution >= 0.6 is 15.9 Å². The molecule has 1 aliphatic heterocycles. The van der Waals surface area contributed by atoms with E-state index in [1.165, 1.54) is 31.3 Å². The SMILES string of the molecule is COc1ccc([C@@H]2C(=C(O)c3ccc(Br)cc3)C(=O)C(=O)N2CCc2ccc(S(N)(=O)=O)cc2)c(OC)c1. The van der Waals surface area contributed by atoms with Crippen LogP contribution in [0, 0.1) is 0 Å². The minimum absolute atomic E-state index is 0.0286. The Kier molecular flexibility index (Phi) is 7.91. The Bertz CT molecular complexity index is 1520. The quantitative estimate of drug-likeness (QED) is 0.228. The number of nitrogens with zero attached hydrogens (tertiary/aromatic N) is 1. The van der Waals surface area contributed by atoms with Gasteiger partial charge < -0.3 is 19.5 Å². The third kappa shape index (κ3) is 5.45. The van der Waals surface area contributed by atoms with Crippen molar-refractivity contribution >= 4 is 43.4 Å². The highest BCUT2D eigenvalue weighted by molar-refractivity contribution is 9.10. The number of primary sulfonamides is 1. The molecule has 3 aromatic carbocycles. The molecular weight excluding hydrogens is 576 g/mol. The number of methoxy groups -OCH3 is 2. The molecule has 4 rings (SSSR count). The summed E-state index contributed by atoms with van der Waals surface area (Å²) < 4.78 is 34.8. The number of hydrogen-bond donors (Lipinski definition) is 2. The molecule has 11 heteroatoms. The van der Waals surface area contributed by atoms with Crippen molar-refractivity contribution in [2.24, 2.45) is 5.14 Å². The van der Waals surface area contributed by atoms with Gasteiger partial charge in [-0.25, -0.2) is 13.6 Å². The molecule has 3 N–H and O–H groups in total. The molecule has 198 valence electrons. The van der Waals surface area contributed by atoms with Crippen molar-refractivity contribution in [3.05, 3.63) is 93.5 Å². The largest absolute Gasteiger partial charge is 0.507 e. The number of aliphatic hydroxyl groups is 1. The first kappa shape index (κ1) is 27.4. The second-order valence-corrected chi connectivity index (χ2v) is 11.0. The second-order valence-electron chi connectivity index (χ2n) is 8.55. The van der Waals surface area contributed by atoms with Crippen LogP contribution in [0.3, 0.4) is 0 Å². The minimum Gasteiger partial charge on any atom is -0.507 e. The lowest BCUT2D eigenvalue weighted by atomic mass is 9.94. The Morgan fingerprint density at radius 3 is 2.24 bits per heavy atom. The number of sulfonamides is 1. The number of rotatable bonds is 8. The van der Waals surface area contributed by atoms with Gasteiger partial charge in [-0.3, -0.25) is 9.59 Å². The fourth-order valence-corrected chi connectivity index (χ4v) is 5.12. The number of ether oxygens (including phenoxy) is 2. The Morgan fingerprint density at radius 2 is 1.66 bits per heavy atom. The number of benzene rings is 3. The predicted octanol–water partition coefficient (Wildman–Crippen LogP) is 3.78. The molecule has 0 saturated carbocycles. The fraction of sp³-hybridized carbons (Fsp3) is 0.185. The zero-order valence-corrected chi connectivity index (χ0v) is 23.0. The lowest BCUT2D eigenvalue weighted by Gasteiger charge is -2.27. The summed E-state index contributed by atoms with van der Waals surface area (Å²) in [5.74, 6) is -1.00. The maximum atomic E-state index is 13.3. The number of amides is 1. The maximum absolute atomic E-state index is 13.3. The van der Waals surface area contributed by atoms with Crippen molar-refractivity contribution in [2.75, 3.05) is 20.8 Å². The predicted molar refractivity (Wildman–Crippen MR) is 144 cm³/mol. The first-order chi connectivity index (χ1) is 18.0. The van der Waals surface area contributed by atoms with Gasteiger partial charge in [0.05, 0.1) is 30.7 Å². The summed E-state index contributed by atoms with van der Waals surface area (Å²) >= 11 is 3.35. The molecule has 1 fully saturated rings. The highest BCUT2D eigenvalue weighted by Crippen LogP contribution is 2.43. The van der Waals surface area contributed by atoms with Crippen LogP contribution in [0.5, 0.6) is 11.5 Å². The van der Waals surface area contributed by atoms with E-state index in [1.807, 2.05) is 0 Å². The normalized spacial score (nSPS) is 17.1. The fourth-order valence-electron chi connectivity index (χ4n) is 4.34. The second kappa shape index (κ2) is 11.0. The lowest BCUT2D eigenvalue weighted by molar-refractivity contribution is -0.139. The smallest absolute Gasteiger partial charge is 0.295 e. The van der Waals surface area contributed by atoms with Gasteiger partial charge in [0.1, 0.15) is 17.3 Å². The van der Waals surface area contributed by atoms with E-state index in [2.05, 4.69) is 15.9 Å². The Balaban J connectivity index is 1.79.